The Morgan fingerprint density at radius 1 is 1.33 bits per heavy atom. The summed E-state index contributed by atoms with van der Waals surface area (Å²) in [6, 6.07) is 9.93. The molecule has 3 nitrogen and oxygen atoms in total. The summed E-state index contributed by atoms with van der Waals surface area (Å²) in [6.45, 7) is 2.22. The molecule has 1 aliphatic rings. The van der Waals surface area contributed by atoms with Crippen LogP contribution in [0.1, 0.15) is 44.3 Å². The van der Waals surface area contributed by atoms with Crippen LogP contribution in [0, 0.1) is 5.92 Å². The molecular weight excluding hydrogens is 282 g/mol. The lowest BCUT2D eigenvalue weighted by Crippen LogP contribution is -2.41. The van der Waals surface area contributed by atoms with Crippen LogP contribution in [0.25, 0.3) is 0 Å². The highest BCUT2D eigenvalue weighted by atomic mass is 32.2. The van der Waals surface area contributed by atoms with Gasteiger partial charge in [0, 0.05) is 11.8 Å². The largest absolute Gasteiger partial charge is 0.388 e. The highest BCUT2D eigenvalue weighted by Gasteiger charge is 2.22. The predicted molar refractivity (Wildman–Crippen MR) is 88.3 cm³/mol. The van der Waals surface area contributed by atoms with Crippen molar-refractivity contribution in [1.82, 2.24) is 5.32 Å². The molecule has 3 atom stereocenters. The fraction of sp³-hybridized carbons (Fsp3) is 0.588. The molecule has 0 aromatic heterocycles. The zero-order valence-electron chi connectivity index (χ0n) is 12.6. The van der Waals surface area contributed by atoms with E-state index in [1.165, 1.54) is 31.0 Å². The van der Waals surface area contributed by atoms with Gasteiger partial charge in [0.05, 0.1) is 11.9 Å². The second-order valence-corrected chi connectivity index (χ2v) is 6.91. The van der Waals surface area contributed by atoms with Crippen LogP contribution < -0.4 is 5.32 Å². The van der Waals surface area contributed by atoms with E-state index >= 15 is 0 Å². The Hall–Kier alpha value is -1.00. The van der Waals surface area contributed by atoms with E-state index in [4.69, 9.17) is 0 Å². The van der Waals surface area contributed by atoms with Gasteiger partial charge in [-0.1, -0.05) is 50.1 Å². The van der Waals surface area contributed by atoms with Crippen molar-refractivity contribution in [3.63, 3.8) is 0 Å². The molecule has 1 fully saturated rings. The van der Waals surface area contributed by atoms with Crippen LogP contribution in [0.15, 0.2) is 30.3 Å². The Morgan fingerprint density at radius 2 is 2.05 bits per heavy atom. The molecule has 2 rings (SSSR count). The average molecular weight is 307 g/mol. The Bertz CT molecular complexity index is 438. The zero-order chi connectivity index (χ0) is 15.1. The number of aliphatic hydroxyl groups is 1. The molecule has 2 N–H and O–H groups in total. The number of hydrogen-bond donors (Lipinski definition) is 2. The quantitative estimate of drug-likeness (QED) is 0.849. The monoisotopic (exact) mass is 307 g/mol. The molecule has 0 bridgehead atoms. The molecule has 1 aromatic rings. The van der Waals surface area contributed by atoms with E-state index < -0.39 is 6.10 Å². The van der Waals surface area contributed by atoms with E-state index in [-0.39, 0.29) is 5.91 Å². The van der Waals surface area contributed by atoms with Gasteiger partial charge in [0.25, 0.3) is 0 Å². The summed E-state index contributed by atoms with van der Waals surface area (Å²) in [4.78, 5) is 12.0. The summed E-state index contributed by atoms with van der Waals surface area (Å²) < 4.78 is 0. The minimum absolute atomic E-state index is 0.0963. The summed E-state index contributed by atoms with van der Waals surface area (Å²) in [7, 11) is 0. The van der Waals surface area contributed by atoms with Gasteiger partial charge in [0.1, 0.15) is 0 Å². The molecule has 1 saturated carbocycles. The molecule has 4 heteroatoms. The molecular formula is C17H25NO2S. The lowest BCUT2D eigenvalue weighted by Gasteiger charge is -2.29. The first-order valence-electron chi connectivity index (χ1n) is 7.77. The lowest BCUT2D eigenvalue weighted by atomic mass is 9.86. The van der Waals surface area contributed by atoms with Crippen LogP contribution in [0.3, 0.4) is 0 Å². The van der Waals surface area contributed by atoms with Gasteiger partial charge in [-0.25, -0.2) is 0 Å². The summed E-state index contributed by atoms with van der Waals surface area (Å²) in [5.74, 6) is 1.66. The summed E-state index contributed by atoms with van der Waals surface area (Å²) in [5.41, 5.74) is 0.909. The number of hydrogen-bond acceptors (Lipinski definition) is 3. The first-order chi connectivity index (χ1) is 10.2. The van der Waals surface area contributed by atoms with Gasteiger partial charge < -0.3 is 10.4 Å². The Kier molecular flexibility index (Phi) is 6.58. The van der Waals surface area contributed by atoms with E-state index in [0.29, 0.717) is 23.5 Å². The number of carbonyl (C=O) groups is 1. The van der Waals surface area contributed by atoms with Crippen LogP contribution in [-0.2, 0) is 4.79 Å². The van der Waals surface area contributed by atoms with Crippen molar-refractivity contribution >= 4 is 17.7 Å². The first-order valence-corrected chi connectivity index (χ1v) is 8.92. The van der Waals surface area contributed by atoms with Crippen molar-refractivity contribution in [1.29, 1.82) is 0 Å². The van der Waals surface area contributed by atoms with Gasteiger partial charge in [-0.15, -0.1) is 11.8 Å². The molecule has 1 amide bonds. The summed E-state index contributed by atoms with van der Waals surface area (Å²) in [6.07, 6.45) is 4.31. The molecule has 116 valence electrons. The van der Waals surface area contributed by atoms with Crippen LogP contribution in [0.2, 0.25) is 0 Å². The van der Waals surface area contributed by atoms with E-state index in [1.807, 2.05) is 30.3 Å². The predicted octanol–water partition coefficient (Wildman–Crippen LogP) is 3.15. The smallest absolute Gasteiger partial charge is 0.230 e. The van der Waals surface area contributed by atoms with Crippen LogP contribution in [-0.4, -0.2) is 28.6 Å². The van der Waals surface area contributed by atoms with Gasteiger partial charge >= 0.3 is 0 Å². The zero-order valence-corrected chi connectivity index (χ0v) is 13.4. The standard InChI is InChI=1S/C17H25NO2S/c1-13-7-5-6-10-15(13)18-17(20)12-21-11-16(19)14-8-3-2-4-9-14/h2-4,8-9,13,15-16,19H,5-7,10-12H2,1H3,(H,18,20)/t13-,15+,16-/m1/s1. The molecule has 0 unspecified atom stereocenters. The number of amides is 1. The molecule has 0 radical (unpaired) electrons. The third-order valence-electron chi connectivity index (χ3n) is 4.15. The Balaban J connectivity index is 1.67. The van der Waals surface area contributed by atoms with E-state index in [1.54, 1.807) is 0 Å². The maximum Gasteiger partial charge on any atom is 0.230 e. The fourth-order valence-electron chi connectivity index (χ4n) is 2.81. The number of rotatable bonds is 6. The molecule has 21 heavy (non-hydrogen) atoms. The number of benzene rings is 1. The second kappa shape index (κ2) is 8.44. The van der Waals surface area contributed by atoms with Crippen molar-refractivity contribution in [2.45, 2.75) is 44.8 Å². The van der Waals surface area contributed by atoms with Gasteiger partial charge in [0.2, 0.25) is 5.91 Å². The summed E-state index contributed by atoms with van der Waals surface area (Å²) >= 11 is 1.49. The fourth-order valence-corrected chi connectivity index (χ4v) is 3.62. The molecule has 0 saturated heterocycles. The van der Waals surface area contributed by atoms with Gasteiger partial charge in [0.15, 0.2) is 0 Å². The molecule has 0 aliphatic heterocycles. The van der Waals surface area contributed by atoms with Gasteiger partial charge in [-0.05, 0) is 24.3 Å². The van der Waals surface area contributed by atoms with Crippen LogP contribution in [0.4, 0.5) is 0 Å². The van der Waals surface area contributed by atoms with Crippen LogP contribution in [0.5, 0.6) is 0 Å². The van der Waals surface area contributed by atoms with E-state index in [0.717, 1.165) is 12.0 Å². The van der Waals surface area contributed by atoms with Crippen molar-refractivity contribution in [2.75, 3.05) is 11.5 Å². The molecule has 1 aliphatic carbocycles. The number of aliphatic hydroxyl groups excluding tert-OH is 1. The van der Waals surface area contributed by atoms with Crippen molar-refractivity contribution < 1.29 is 9.90 Å². The minimum Gasteiger partial charge on any atom is -0.388 e. The highest BCUT2D eigenvalue weighted by Crippen LogP contribution is 2.24. The van der Waals surface area contributed by atoms with Gasteiger partial charge in [-0.2, -0.15) is 0 Å². The van der Waals surface area contributed by atoms with Crippen LogP contribution >= 0.6 is 11.8 Å². The van der Waals surface area contributed by atoms with E-state index in [2.05, 4.69) is 12.2 Å². The summed E-state index contributed by atoms with van der Waals surface area (Å²) in [5, 5.41) is 13.2. The third kappa shape index (κ3) is 5.36. The SMILES string of the molecule is C[C@@H]1CCCC[C@@H]1NC(=O)CSC[C@@H](O)c1ccccc1. The van der Waals surface area contributed by atoms with E-state index in [9.17, 15) is 9.90 Å². The van der Waals surface area contributed by atoms with Crippen molar-refractivity contribution in [3.8, 4) is 0 Å². The minimum atomic E-state index is -0.502. The van der Waals surface area contributed by atoms with Crippen molar-refractivity contribution in [3.05, 3.63) is 35.9 Å². The number of thioether (sulfide) groups is 1. The first kappa shape index (κ1) is 16.4. The number of carbonyl (C=O) groups excluding carboxylic acids is 1. The Morgan fingerprint density at radius 3 is 2.76 bits per heavy atom. The highest BCUT2D eigenvalue weighted by molar-refractivity contribution is 7.99. The molecule has 0 spiro atoms. The topological polar surface area (TPSA) is 49.3 Å². The average Bonchev–Trinajstić information content (AvgIpc) is 2.50. The molecule has 0 heterocycles. The second-order valence-electron chi connectivity index (χ2n) is 5.88. The lowest BCUT2D eigenvalue weighted by molar-refractivity contribution is -0.119. The normalized spacial score (nSPS) is 23.5. The maximum absolute atomic E-state index is 12.0. The van der Waals surface area contributed by atoms with Gasteiger partial charge in [-0.3, -0.25) is 4.79 Å². The number of nitrogens with one attached hydrogen (secondary N) is 1. The third-order valence-corrected chi connectivity index (χ3v) is 5.17. The maximum atomic E-state index is 12.0. The van der Waals surface area contributed by atoms with Crippen molar-refractivity contribution in [2.24, 2.45) is 5.92 Å². The molecule has 1 aromatic carbocycles. The Labute approximate surface area is 131 Å².